The predicted octanol–water partition coefficient (Wildman–Crippen LogP) is 3.65. The van der Waals surface area contributed by atoms with E-state index >= 15 is 0 Å². The third kappa shape index (κ3) is 1.89. The lowest BCUT2D eigenvalue weighted by Gasteiger charge is -2.05. The topological polar surface area (TPSA) is 20.2 Å². The molecule has 0 aliphatic heterocycles. The van der Waals surface area contributed by atoms with Crippen LogP contribution in [-0.2, 0) is 0 Å². The molecule has 82 valence electrons. The third-order valence-corrected chi connectivity index (χ3v) is 2.38. The fraction of sp³-hybridized carbons (Fsp3) is 0.0769. The Labute approximate surface area is 92.0 Å². The van der Waals surface area contributed by atoms with E-state index in [1.165, 1.54) is 18.2 Å². The molecule has 0 aliphatic rings. The zero-order valence-electron chi connectivity index (χ0n) is 8.67. The van der Waals surface area contributed by atoms with Crippen LogP contribution in [0.3, 0.4) is 0 Å². The van der Waals surface area contributed by atoms with E-state index in [2.05, 4.69) is 0 Å². The zero-order chi connectivity index (χ0) is 11.7. The molecule has 0 amide bonds. The van der Waals surface area contributed by atoms with Crippen molar-refractivity contribution in [3.8, 4) is 16.9 Å². The average molecular weight is 220 g/mol. The summed E-state index contributed by atoms with van der Waals surface area (Å²) in [6.45, 7) is 1.83. The van der Waals surface area contributed by atoms with Crippen LogP contribution >= 0.6 is 0 Å². The van der Waals surface area contributed by atoms with Gasteiger partial charge in [0.25, 0.3) is 0 Å². The Morgan fingerprint density at radius 3 is 2.38 bits per heavy atom. The lowest BCUT2D eigenvalue weighted by Crippen LogP contribution is -1.87. The number of phenols is 1. The van der Waals surface area contributed by atoms with Crippen LogP contribution in [0.2, 0.25) is 0 Å². The summed E-state index contributed by atoms with van der Waals surface area (Å²) < 4.78 is 26.6. The Morgan fingerprint density at radius 2 is 1.69 bits per heavy atom. The maximum Gasteiger partial charge on any atom is 0.165 e. The van der Waals surface area contributed by atoms with Gasteiger partial charge in [-0.1, -0.05) is 17.7 Å². The molecule has 0 aliphatic carbocycles. The Morgan fingerprint density at radius 1 is 0.938 bits per heavy atom. The highest BCUT2D eigenvalue weighted by molar-refractivity contribution is 5.65. The quantitative estimate of drug-likeness (QED) is 0.777. The second-order valence-electron chi connectivity index (χ2n) is 3.65. The van der Waals surface area contributed by atoms with Crippen LogP contribution in [0.1, 0.15) is 5.56 Å². The molecule has 2 aromatic rings. The zero-order valence-corrected chi connectivity index (χ0v) is 8.67. The highest BCUT2D eigenvalue weighted by atomic mass is 19.1. The van der Waals surface area contributed by atoms with E-state index in [9.17, 15) is 8.78 Å². The summed E-state index contributed by atoms with van der Waals surface area (Å²) in [4.78, 5) is 0. The van der Waals surface area contributed by atoms with Crippen LogP contribution in [0.4, 0.5) is 8.78 Å². The second-order valence-corrected chi connectivity index (χ2v) is 3.65. The van der Waals surface area contributed by atoms with E-state index < -0.39 is 17.4 Å². The molecule has 1 nitrogen and oxygen atoms in total. The molecule has 0 fully saturated rings. The van der Waals surface area contributed by atoms with E-state index in [-0.39, 0.29) is 0 Å². The van der Waals surface area contributed by atoms with Gasteiger partial charge in [0, 0.05) is 5.56 Å². The Bertz CT molecular complexity index is 535. The fourth-order valence-electron chi connectivity index (χ4n) is 1.53. The van der Waals surface area contributed by atoms with Crippen LogP contribution in [0.25, 0.3) is 11.1 Å². The van der Waals surface area contributed by atoms with E-state index in [1.807, 2.05) is 6.92 Å². The molecular weight excluding hydrogens is 210 g/mol. The van der Waals surface area contributed by atoms with Crippen LogP contribution < -0.4 is 0 Å². The lowest BCUT2D eigenvalue weighted by molar-refractivity contribution is 0.432. The summed E-state index contributed by atoms with van der Waals surface area (Å²) in [6, 6.07) is 8.45. The standard InChI is InChI=1S/C13H10F2O/c1-8-2-4-11(14)10(6-8)9-3-5-13(16)12(15)7-9/h2-7,16H,1H3. The number of aryl methyl sites for hydroxylation is 1. The van der Waals surface area contributed by atoms with E-state index in [1.54, 1.807) is 12.1 Å². The molecule has 2 aromatic carbocycles. The van der Waals surface area contributed by atoms with Crippen molar-refractivity contribution in [3.63, 3.8) is 0 Å². The first-order valence-electron chi connectivity index (χ1n) is 4.83. The number of aromatic hydroxyl groups is 1. The minimum atomic E-state index is -0.751. The number of rotatable bonds is 1. The van der Waals surface area contributed by atoms with Crippen molar-refractivity contribution in [2.45, 2.75) is 6.92 Å². The first-order valence-corrected chi connectivity index (χ1v) is 4.83. The van der Waals surface area contributed by atoms with E-state index in [4.69, 9.17) is 5.11 Å². The van der Waals surface area contributed by atoms with Crippen molar-refractivity contribution in [1.29, 1.82) is 0 Å². The molecule has 0 spiro atoms. The number of benzene rings is 2. The first kappa shape index (κ1) is 10.6. The summed E-state index contributed by atoms with van der Waals surface area (Å²) in [6.07, 6.45) is 0. The first-order chi connectivity index (χ1) is 7.58. The summed E-state index contributed by atoms with van der Waals surface area (Å²) >= 11 is 0. The number of hydrogen-bond acceptors (Lipinski definition) is 1. The highest BCUT2D eigenvalue weighted by Gasteiger charge is 2.08. The predicted molar refractivity (Wildman–Crippen MR) is 58.2 cm³/mol. The SMILES string of the molecule is Cc1ccc(F)c(-c2ccc(O)c(F)c2)c1. The summed E-state index contributed by atoms with van der Waals surface area (Å²) in [7, 11) is 0. The van der Waals surface area contributed by atoms with Crippen LogP contribution in [0, 0.1) is 18.6 Å². The van der Waals surface area contributed by atoms with Gasteiger partial charge in [-0.2, -0.15) is 0 Å². The van der Waals surface area contributed by atoms with Gasteiger partial charge in [-0.3, -0.25) is 0 Å². The normalized spacial score (nSPS) is 10.4. The molecular formula is C13H10F2O. The molecule has 3 heteroatoms. The van der Waals surface area contributed by atoms with Gasteiger partial charge in [-0.15, -0.1) is 0 Å². The van der Waals surface area contributed by atoms with Gasteiger partial charge in [0.15, 0.2) is 11.6 Å². The van der Waals surface area contributed by atoms with Crippen LogP contribution in [0.15, 0.2) is 36.4 Å². The van der Waals surface area contributed by atoms with Crippen molar-refractivity contribution in [3.05, 3.63) is 53.6 Å². The van der Waals surface area contributed by atoms with Gasteiger partial charge < -0.3 is 5.11 Å². The molecule has 0 aromatic heterocycles. The number of hydrogen-bond donors (Lipinski definition) is 1. The van der Waals surface area contributed by atoms with Gasteiger partial charge in [0.2, 0.25) is 0 Å². The molecule has 1 N–H and O–H groups in total. The second kappa shape index (κ2) is 3.93. The molecule has 0 radical (unpaired) electrons. The molecule has 16 heavy (non-hydrogen) atoms. The van der Waals surface area contributed by atoms with Crippen molar-refractivity contribution < 1.29 is 13.9 Å². The van der Waals surface area contributed by atoms with Gasteiger partial charge in [-0.05, 0) is 36.8 Å². The van der Waals surface area contributed by atoms with Crippen molar-refractivity contribution in [2.75, 3.05) is 0 Å². The molecule has 0 saturated carbocycles. The van der Waals surface area contributed by atoms with Gasteiger partial charge in [-0.25, -0.2) is 8.78 Å². The monoisotopic (exact) mass is 220 g/mol. The van der Waals surface area contributed by atoms with E-state index in [0.717, 1.165) is 11.6 Å². The minimum absolute atomic E-state index is 0.332. The van der Waals surface area contributed by atoms with Crippen LogP contribution in [0.5, 0.6) is 5.75 Å². The summed E-state index contributed by atoms with van der Waals surface area (Å²) in [5.74, 6) is -1.59. The van der Waals surface area contributed by atoms with Gasteiger partial charge in [0.1, 0.15) is 5.82 Å². The lowest BCUT2D eigenvalue weighted by atomic mass is 10.0. The van der Waals surface area contributed by atoms with Crippen molar-refractivity contribution in [1.82, 2.24) is 0 Å². The molecule has 0 saturated heterocycles. The molecule has 0 bridgehead atoms. The van der Waals surface area contributed by atoms with Gasteiger partial charge >= 0.3 is 0 Å². The maximum absolute atomic E-state index is 13.5. The van der Waals surface area contributed by atoms with Gasteiger partial charge in [0.05, 0.1) is 0 Å². The Hall–Kier alpha value is -1.90. The fourth-order valence-corrected chi connectivity index (χ4v) is 1.53. The van der Waals surface area contributed by atoms with Crippen LogP contribution in [-0.4, -0.2) is 5.11 Å². The highest BCUT2D eigenvalue weighted by Crippen LogP contribution is 2.27. The van der Waals surface area contributed by atoms with Crippen molar-refractivity contribution >= 4 is 0 Å². The molecule has 0 heterocycles. The average Bonchev–Trinajstić information content (AvgIpc) is 2.26. The number of halogens is 2. The molecule has 0 unspecified atom stereocenters. The maximum atomic E-state index is 13.5. The van der Waals surface area contributed by atoms with Crippen molar-refractivity contribution in [2.24, 2.45) is 0 Å². The summed E-state index contributed by atoms with van der Waals surface area (Å²) in [5.41, 5.74) is 1.64. The Kier molecular flexibility index (Phi) is 2.60. The third-order valence-electron chi connectivity index (χ3n) is 2.38. The Balaban J connectivity index is 2.58. The largest absolute Gasteiger partial charge is 0.505 e. The number of phenolic OH excluding ortho intramolecular Hbond substituents is 1. The molecule has 2 rings (SSSR count). The summed E-state index contributed by atoms with van der Waals surface area (Å²) in [5, 5.41) is 9.05. The smallest absolute Gasteiger partial charge is 0.165 e. The minimum Gasteiger partial charge on any atom is -0.505 e. The molecule has 0 atom stereocenters. The van der Waals surface area contributed by atoms with E-state index in [0.29, 0.717) is 11.1 Å².